The minimum absolute atomic E-state index is 0.179. The molecule has 0 radical (unpaired) electrons. The van der Waals surface area contributed by atoms with Crippen LogP contribution in [0.4, 0.5) is 4.79 Å². The molecule has 2 unspecified atom stereocenters. The predicted octanol–water partition coefficient (Wildman–Crippen LogP) is 2.47. The number of nitrogens with zero attached hydrogens (tertiary/aromatic N) is 1. The number of halogens is 1. The van der Waals surface area contributed by atoms with Crippen LogP contribution >= 0.6 is 11.6 Å². The number of carboxylic acids is 1. The van der Waals surface area contributed by atoms with Crippen molar-refractivity contribution in [3.63, 3.8) is 0 Å². The highest BCUT2D eigenvalue weighted by molar-refractivity contribution is 6.30. The summed E-state index contributed by atoms with van der Waals surface area (Å²) in [6.45, 7) is 3.44. The van der Waals surface area contributed by atoms with Gasteiger partial charge in [-0.25, -0.2) is 4.79 Å². The highest BCUT2D eigenvalue weighted by Gasteiger charge is 2.31. The maximum Gasteiger partial charge on any atom is 0.317 e. The quantitative estimate of drug-likeness (QED) is 0.807. The number of nitrogens with one attached hydrogen (secondary N) is 1. The first-order chi connectivity index (χ1) is 11.0. The fraction of sp³-hybridized carbons (Fsp3) is 0.500. The summed E-state index contributed by atoms with van der Waals surface area (Å²) < 4.78 is 5.49. The summed E-state index contributed by atoms with van der Waals surface area (Å²) in [6, 6.07) is 6.78. The summed E-state index contributed by atoms with van der Waals surface area (Å²) in [6.07, 6.45) is 0.608. The monoisotopic (exact) mass is 340 g/mol. The van der Waals surface area contributed by atoms with Crippen molar-refractivity contribution in [1.82, 2.24) is 10.2 Å². The molecule has 23 heavy (non-hydrogen) atoms. The van der Waals surface area contributed by atoms with Gasteiger partial charge in [-0.05, 0) is 30.5 Å². The van der Waals surface area contributed by atoms with Crippen molar-refractivity contribution < 1.29 is 19.4 Å². The van der Waals surface area contributed by atoms with Crippen LogP contribution in [0.2, 0.25) is 5.02 Å². The van der Waals surface area contributed by atoms with Crippen molar-refractivity contribution in [3.05, 3.63) is 29.3 Å². The van der Waals surface area contributed by atoms with Gasteiger partial charge in [0.15, 0.2) is 0 Å². The molecule has 1 aromatic rings. The van der Waals surface area contributed by atoms with Crippen LogP contribution in [0.1, 0.15) is 13.3 Å². The minimum Gasteiger partial charge on any atom is -0.492 e. The number of urea groups is 1. The van der Waals surface area contributed by atoms with Gasteiger partial charge < -0.3 is 20.1 Å². The predicted molar refractivity (Wildman–Crippen MR) is 86.8 cm³/mol. The summed E-state index contributed by atoms with van der Waals surface area (Å²) in [7, 11) is 0. The van der Waals surface area contributed by atoms with E-state index in [2.05, 4.69) is 5.32 Å². The molecular weight excluding hydrogens is 320 g/mol. The first-order valence-corrected chi connectivity index (χ1v) is 7.97. The Morgan fingerprint density at radius 2 is 2.22 bits per heavy atom. The number of rotatable bonds is 5. The maximum absolute atomic E-state index is 12.1. The normalized spacial score (nSPS) is 20.9. The standard InChI is InChI=1S/C16H21ClN2O4/c1-11-7-12(15(20)21)10-19(9-11)16(22)18-5-6-23-14-4-2-3-13(17)8-14/h2-4,8,11-12H,5-7,9-10H2,1H3,(H,18,22)(H,20,21). The van der Waals surface area contributed by atoms with Crippen molar-refractivity contribution in [1.29, 1.82) is 0 Å². The molecule has 0 aliphatic carbocycles. The molecule has 2 amide bonds. The van der Waals surface area contributed by atoms with Gasteiger partial charge in [0, 0.05) is 18.1 Å². The molecule has 7 heteroatoms. The molecule has 2 N–H and O–H groups in total. The average Bonchev–Trinajstić information content (AvgIpc) is 2.50. The number of carbonyl (C=O) groups is 2. The molecule has 2 rings (SSSR count). The molecule has 1 fully saturated rings. The highest BCUT2D eigenvalue weighted by atomic mass is 35.5. The molecule has 1 saturated heterocycles. The van der Waals surface area contributed by atoms with Crippen LogP contribution < -0.4 is 10.1 Å². The van der Waals surface area contributed by atoms with E-state index in [1.54, 1.807) is 29.2 Å². The van der Waals surface area contributed by atoms with E-state index in [1.807, 2.05) is 6.92 Å². The lowest BCUT2D eigenvalue weighted by Gasteiger charge is -2.34. The number of amides is 2. The number of piperidine rings is 1. The molecule has 1 aliphatic heterocycles. The summed E-state index contributed by atoms with van der Waals surface area (Å²) in [5.74, 6) is -0.520. The van der Waals surface area contributed by atoms with Crippen LogP contribution in [0, 0.1) is 11.8 Å². The third kappa shape index (κ3) is 5.32. The van der Waals surface area contributed by atoms with E-state index >= 15 is 0 Å². The molecule has 0 bridgehead atoms. The van der Waals surface area contributed by atoms with E-state index in [1.165, 1.54) is 0 Å². The van der Waals surface area contributed by atoms with Gasteiger partial charge in [-0.2, -0.15) is 0 Å². The third-order valence-corrected chi connectivity index (χ3v) is 3.97. The second-order valence-corrected chi connectivity index (χ2v) is 6.26. The van der Waals surface area contributed by atoms with Gasteiger partial charge >= 0.3 is 12.0 Å². The lowest BCUT2D eigenvalue weighted by atomic mass is 9.91. The van der Waals surface area contributed by atoms with Gasteiger partial charge in [0.25, 0.3) is 0 Å². The summed E-state index contributed by atoms with van der Waals surface area (Å²) >= 11 is 5.86. The molecule has 0 spiro atoms. The summed E-state index contributed by atoms with van der Waals surface area (Å²) in [5, 5.41) is 12.5. The van der Waals surface area contributed by atoms with Gasteiger partial charge in [-0.15, -0.1) is 0 Å². The first kappa shape index (κ1) is 17.4. The summed E-state index contributed by atoms with van der Waals surface area (Å²) in [4.78, 5) is 24.8. The highest BCUT2D eigenvalue weighted by Crippen LogP contribution is 2.21. The maximum atomic E-state index is 12.1. The van der Waals surface area contributed by atoms with E-state index < -0.39 is 11.9 Å². The number of benzene rings is 1. The lowest BCUT2D eigenvalue weighted by molar-refractivity contribution is -0.143. The van der Waals surface area contributed by atoms with E-state index in [0.717, 1.165) is 0 Å². The van der Waals surface area contributed by atoms with Crippen molar-refractivity contribution in [3.8, 4) is 5.75 Å². The zero-order chi connectivity index (χ0) is 16.8. The van der Waals surface area contributed by atoms with E-state index in [4.69, 9.17) is 21.4 Å². The lowest BCUT2D eigenvalue weighted by Crippen LogP contribution is -2.50. The van der Waals surface area contributed by atoms with Crippen LogP contribution in [0.25, 0.3) is 0 Å². The van der Waals surface area contributed by atoms with Crippen LogP contribution in [0.3, 0.4) is 0 Å². The van der Waals surface area contributed by atoms with E-state index in [9.17, 15) is 9.59 Å². The molecule has 1 aliphatic rings. The zero-order valence-corrected chi connectivity index (χ0v) is 13.8. The van der Waals surface area contributed by atoms with Gasteiger partial charge in [0.05, 0.1) is 12.5 Å². The van der Waals surface area contributed by atoms with Gasteiger partial charge in [-0.1, -0.05) is 24.6 Å². The fourth-order valence-corrected chi connectivity index (χ4v) is 2.87. The Bertz CT molecular complexity index is 567. The minimum atomic E-state index is -0.848. The van der Waals surface area contributed by atoms with Crippen LogP contribution in [0.5, 0.6) is 5.75 Å². The number of ether oxygens (including phenoxy) is 1. The molecule has 0 saturated carbocycles. The summed E-state index contributed by atoms with van der Waals surface area (Å²) in [5.41, 5.74) is 0. The Labute approximate surface area is 140 Å². The largest absolute Gasteiger partial charge is 0.492 e. The van der Waals surface area contributed by atoms with Gasteiger partial charge in [-0.3, -0.25) is 4.79 Å². The second kappa shape index (κ2) is 8.06. The Balaban J connectivity index is 1.75. The number of hydrogen-bond donors (Lipinski definition) is 2. The third-order valence-electron chi connectivity index (χ3n) is 3.74. The molecule has 2 atom stereocenters. The zero-order valence-electron chi connectivity index (χ0n) is 13.0. The smallest absolute Gasteiger partial charge is 0.317 e. The second-order valence-electron chi connectivity index (χ2n) is 5.82. The van der Waals surface area contributed by atoms with Crippen molar-refractivity contribution in [2.24, 2.45) is 11.8 Å². The molecule has 0 aromatic heterocycles. The van der Waals surface area contributed by atoms with Crippen LogP contribution in [0.15, 0.2) is 24.3 Å². The Kier molecular flexibility index (Phi) is 6.10. The van der Waals surface area contributed by atoms with Crippen molar-refractivity contribution >= 4 is 23.6 Å². The molecule has 1 aromatic carbocycles. The van der Waals surface area contributed by atoms with Crippen molar-refractivity contribution in [2.75, 3.05) is 26.2 Å². The Morgan fingerprint density at radius 1 is 1.43 bits per heavy atom. The molecular formula is C16H21ClN2O4. The molecule has 6 nitrogen and oxygen atoms in total. The Morgan fingerprint density at radius 3 is 2.91 bits per heavy atom. The van der Waals surface area contributed by atoms with E-state index in [0.29, 0.717) is 36.9 Å². The molecule has 126 valence electrons. The first-order valence-electron chi connectivity index (χ1n) is 7.59. The number of hydrogen-bond acceptors (Lipinski definition) is 3. The number of carboxylic acid groups (broad SMARTS) is 1. The number of carbonyl (C=O) groups excluding carboxylic acids is 1. The van der Waals surface area contributed by atoms with Crippen LogP contribution in [-0.2, 0) is 4.79 Å². The molecule has 1 heterocycles. The SMILES string of the molecule is CC1CC(C(=O)O)CN(C(=O)NCCOc2cccc(Cl)c2)C1. The topological polar surface area (TPSA) is 78.9 Å². The van der Waals surface area contributed by atoms with Gasteiger partial charge in [0.1, 0.15) is 12.4 Å². The number of aliphatic carboxylic acids is 1. The van der Waals surface area contributed by atoms with Gasteiger partial charge in [0.2, 0.25) is 0 Å². The number of likely N-dealkylation sites (tertiary alicyclic amines) is 1. The fourth-order valence-electron chi connectivity index (χ4n) is 2.69. The average molecular weight is 341 g/mol. The van der Waals surface area contributed by atoms with Crippen molar-refractivity contribution in [2.45, 2.75) is 13.3 Å². The van der Waals surface area contributed by atoms with Crippen LogP contribution in [-0.4, -0.2) is 48.2 Å². The van der Waals surface area contributed by atoms with E-state index in [-0.39, 0.29) is 18.5 Å². The Hall–Kier alpha value is -1.95.